The zero-order valence-corrected chi connectivity index (χ0v) is 55.1. The van der Waals surface area contributed by atoms with Crippen LogP contribution in [0.25, 0.3) is 67.5 Å². The van der Waals surface area contributed by atoms with E-state index in [1.807, 2.05) is 77.9 Å². The summed E-state index contributed by atoms with van der Waals surface area (Å²) in [6.07, 6.45) is 0.434. The van der Waals surface area contributed by atoms with Crippen molar-refractivity contribution in [3.63, 3.8) is 0 Å². The molecule has 1 fully saturated rings. The molecule has 0 spiro atoms. The predicted molar refractivity (Wildman–Crippen MR) is 347 cm³/mol. The lowest BCUT2D eigenvalue weighted by molar-refractivity contribution is -0.130. The Morgan fingerprint density at radius 3 is 1.06 bits per heavy atom. The fraction of sp³-hybridized carbons (Fsp3) is 0.507. The molecular weight excluding hydrogens is 1130 g/mol. The molecule has 1 aliphatic heterocycles. The van der Waals surface area contributed by atoms with Crippen LogP contribution in [0.15, 0.2) is 67.8 Å². The van der Waals surface area contributed by atoms with Crippen LogP contribution in [0.2, 0.25) is 0 Å². The number of aliphatic hydroxyl groups excluding tert-OH is 2. The number of nitrogens with zero attached hydrogens (tertiary/aromatic N) is 9. The van der Waals surface area contributed by atoms with Crippen molar-refractivity contribution in [2.75, 3.05) is 68.6 Å². The zero-order chi connectivity index (χ0) is 64.6. The predicted octanol–water partition coefficient (Wildman–Crippen LogP) is 13.4. The van der Waals surface area contributed by atoms with Crippen molar-refractivity contribution in [3.8, 4) is 52.0 Å². The van der Waals surface area contributed by atoms with Crippen molar-refractivity contribution in [1.82, 2.24) is 45.5 Å². The SMILES string of the molecule is CCOc1cc(C(C)(C)C)c2nc(-c3nnc(NCC4(C)OCCO4)o3)cc(C)c2c1.CCOc1cc(C(C)(C)C)c2nc(-c3nnc(NCC[C@@H](C)O)o3)cc(C)c2c1.CCOc1cc(C(C)(C)C)c2nc(-c3nnc(NCC[C@H](C)O)o3)cc(C)c2c1. The van der Waals surface area contributed by atoms with Crippen molar-refractivity contribution < 1.29 is 47.1 Å². The first-order chi connectivity index (χ1) is 42.1. The molecule has 0 saturated carbocycles. The zero-order valence-electron chi connectivity index (χ0n) is 55.1. The molecule has 89 heavy (non-hydrogen) atoms. The van der Waals surface area contributed by atoms with Gasteiger partial charge in [-0.25, -0.2) is 15.0 Å². The molecule has 1 saturated heterocycles. The summed E-state index contributed by atoms with van der Waals surface area (Å²) in [5, 5.41) is 55.7. The lowest BCUT2D eigenvalue weighted by atomic mass is 9.84. The molecule has 22 heteroatoms. The van der Waals surface area contributed by atoms with Crippen molar-refractivity contribution >= 4 is 50.8 Å². The molecule has 0 aliphatic carbocycles. The first kappa shape index (κ1) is 66.9. The minimum absolute atomic E-state index is 0.105. The molecule has 0 bridgehead atoms. The summed E-state index contributed by atoms with van der Waals surface area (Å²) in [5.41, 5.74) is 10.9. The van der Waals surface area contributed by atoms with Crippen LogP contribution in [0.3, 0.4) is 0 Å². The molecule has 0 amide bonds. The number of fused-ring (bicyclic) bond motifs is 3. The summed E-state index contributed by atoms with van der Waals surface area (Å²) >= 11 is 0. The van der Waals surface area contributed by atoms with Crippen molar-refractivity contribution in [2.45, 2.75) is 172 Å². The fourth-order valence-corrected chi connectivity index (χ4v) is 10.1. The van der Waals surface area contributed by atoms with E-state index in [-0.39, 0.29) is 28.5 Å². The minimum atomic E-state index is -0.688. The second-order valence-electron chi connectivity index (χ2n) is 25.7. The first-order valence-corrected chi connectivity index (χ1v) is 30.7. The molecule has 3 aromatic carbocycles. The molecule has 2 atom stereocenters. The molecular formula is C67H90N12O10. The highest BCUT2D eigenvalue weighted by Gasteiger charge is 2.32. The number of anilines is 3. The highest BCUT2D eigenvalue weighted by atomic mass is 16.7. The van der Waals surface area contributed by atoms with Gasteiger partial charge in [-0.2, -0.15) is 0 Å². The highest BCUT2D eigenvalue weighted by Crippen LogP contribution is 2.40. The summed E-state index contributed by atoms with van der Waals surface area (Å²) in [7, 11) is 0. The van der Waals surface area contributed by atoms with E-state index < -0.39 is 5.79 Å². The standard InChI is InChI=1S/C23H30N4O4.2C22H30N4O3/c1-7-28-15-11-16-14(2)10-18(25-19(16)17(12-15)22(3,4)5)20-26-27-21(31-20)24-13-23(6)29-8-9-30-23;2*1-7-28-15-11-16-13(2)10-18(24-19(16)17(12-15)22(4,5)6)20-25-26-21(29-20)23-9-8-14(3)27/h10-12H,7-9,13H2,1-6H3,(H,24,27);2*10-12,14,27H,7-9H2,1-6H3,(H,23,26)/t;2*14-/m.10/s1. The molecule has 9 aromatic rings. The number of hydrogen-bond acceptors (Lipinski definition) is 22. The number of aliphatic hydroxyl groups is 2. The Morgan fingerprint density at radius 1 is 0.472 bits per heavy atom. The van der Waals surface area contributed by atoms with E-state index in [1.54, 1.807) is 13.8 Å². The Bertz CT molecular complexity index is 3690. The Labute approximate surface area is 521 Å². The Hall–Kier alpha value is -8.05. The molecule has 22 nitrogen and oxygen atoms in total. The Kier molecular flexibility index (Phi) is 21.2. The van der Waals surface area contributed by atoms with Crippen LogP contribution in [0, 0.1) is 20.8 Å². The van der Waals surface area contributed by atoms with Crippen molar-refractivity contribution in [2.24, 2.45) is 0 Å². The van der Waals surface area contributed by atoms with E-state index >= 15 is 0 Å². The van der Waals surface area contributed by atoms with Gasteiger partial charge in [-0.3, -0.25) is 0 Å². The molecule has 6 aromatic heterocycles. The molecule has 478 valence electrons. The second-order valence-corrected chi connectivity index (χ2v) is 25.7. The topological polar surface area (TPSA) is 278 Å². The third-order valence-electron chi connectivity index (χ3n) is 14.7. The van der Waals surface area contributed by atoms with Crippen LogP contribution >= 0.6 is 0 Å². The molecule has 1 aliphatic rings. The summed E-state index contributed by atoms with van der Waals surface area (Å²) in [6, 6.07) is 19.2. The number of aryl methyl sites for hydroxylation is 3. The Balaban J connectivity index is 0.000000173. The molecule has 0 radical (unpaired) electrons. The largest absolute Gasteiger partial charge is 0.494 e. The van der Waals surface area contributed by atoms with Gasteiger partial charge in [-0.1, -0.05) is 77.6 Å². The van der Waals surface area contributed by atoms with Crippen molar-refractivity contribution in [3.05, 3.63) is 88.0 Å². The number of rotatable bonds is 20. The van der Waals surface area contributed by atoms with E-state index in [9.17, 15) is 10.2 Å². The van der Waals surface area contributed by atoms with Gasteiger partial charge in [0, 0.05) is 29.2 Å². The Morgan fingerprint density at radius 2 is 0.775 bits per heavy atom. The second kappa shape index (κ2) is 28.2. The van der Waals surface area contributed by atoms with Crippen molar-refractivity contribution in [1.29, 1.82) is 0 Å². The third kappa shape index (κ3) is 17.0. The van der Waals surface area contributed by atoms with Gasteiger partial charge in [0.2, 0.25) is 0 Å². The molecule has 7 heterocycles. The number of hydrogen-bond donors (Lipinski definition) is 5. The number of ether oxygens (including phenoxy) is 5. The molecule has 5 N–H and O–H groups in total. The maximum Gasteiger partial charge on any atom is 0.315 e. The van der Waals surface area contributed by atoms with Gasteiger partial charge in [0.25, 0.3) is 17.7 Å². The van der Waals surface area contributed by atoms with Crippen LogP contribution in [-0.2, 0) is 25.7 Å². The molecule has 0 unspecified atom stereocenters. The van der Waals surface area contributed by atoms with Gasteiger partial charge in [0.05, 0.1) is 68.3 Å². The summed E-state index contributed by atoms with van der Waals surface area (Å²) in [5.74, 6) is 2.96. The van der Waals surface area contributed by atoms with Gasteiger partial charge >= 0.3 is 18.0 Å². The van der Waals surface area contributed by atoms with E-state index in [1.165, 1.54) is 0 Å². The van der Waals surface area contributed by atoms with Gasteiger partial charge < -0.3 is 63.1 Å². The monoisotopic (exact) mass is 1220 g/mol. The minimum Gasteiger partial charge on any atom is -0.494 e. The van der Waals surface area contributed by atoms with Crippen LogP contribution in [0.5, 0.6) is 17.2 Å². The van der Waals surface area contributed by atoms with Crippen LogP contribution in [0.4, 0.5) is 18.0 Å². The summed E-state index contributed by atoms with van der Waals surface area (Å²) in [6.45, 7) is 41.5. The average molecular weight is 1220 g/mol. The van der Waals surface area contributed by atoms with E-state index in [4.69, 9.17) is 51.9 Å². The van der Waals surface area contributed by atoms with Gasteiger partial charge in [0.15, 0.2) is 5.79 Å². The number of aromatic nitrogens is 9. The number of nitrogens with one attached hydrogen (secondary N) is 3. The van der Waals surface area contributed by atoms with Gasteiger partial charge in [-0.15, -0.1) is 15.3 Å². The van der Waals surface area contributed by atoms with E-state index in [0.717, 1.165) is 83.3 Å². The average Bonchev–Trinajstić information content (AvgIpc) is 1.15. The lowest BCUT2D eigenvalue weighted by Gasteiger charge is -2.22. The van der Waals surface area contributed by atoms with E-state index in [0.29, 0.717) is 118 Å². The van der Waals surface area contributed by atoms with Crippen LogP contribution < -0.4 is 30.2 Å². The first-order valence-electron chi connectivity index (χ1n) is 30.7. The summed E-state index contributed by atoms with van der Waals surface area (Å²) < 4.78 is 45.9. The molecule has 10 rings (SSSR count). The summed E-state index contributed by atoms with van der Waals surface area (Å²) in [4.78, 5) is 14.7. The van der Waals surface area contributed by atoms with Crippen LogP contribution in [0.1, 0.15) is 150 Å². The highest BCUT2D eigenvalue weighted by molar-refractivity contribution is 5.91. The maximum absolute atomic E-state index is 9.36. The van der Waals surface area contributed by atoms with Gasteiger partial charge in [0.1, 0.15) is 34.3 Å². The van der Waals surface area contributed by atoms with Crippen LogP contribution in [-0.4, -0.2) is 126 Å². The van der Waals surface area contributed by atoms with Gasteiger partial charge in [-0.05, 0) is 179 Å². The quantitative estimate of drug-likeness (QED) is 0.0474. The maximum atomic E-state index is 9.36. The smallest absolute Gasteiger partial charge is 0.315 e. The normalized spacial score (nSPS) is 14.0. The van der Waals surface area contributed by atoms with E-state index in [2.05, 4.69) is 134 Å². The number of pyridine rings is 3. The fourth-order valence-electron chi connectivity index (χ4n) is 10.1. The number of benzene rings is 3. The third-order valence-corrected chi connectivity index (χ3v) is 14.7. The lowest BCUT2D eigenvalue weighted by Crippen LogP contribution is -2.34.